The molecular weight excluding hydrogens is 295 g/mol. The molecule has 0 radical (unpaired) electrons. The number of hydrogen-bond acceptors (Lipinski definition) is 3. The average Bonchev–Trinajstić information content (AvgIpc) is 2.30. The van der Waals surface area contributed by atoms with Gasteiger partial charge in [-0.15, -0.1) is 0 Å². The fourth-order valence-electron chi connectivity index (χ4n) is 1.56. The molecule has 18 heavy (non-hydrogen) atoms. The first-order valence-corrected chi connectivity index (χ1v) is 6.02. The van der Waals surface area contributed by atoms with Crippen LogP contribution in [-0.4, -0.2) is 11.3 Å². The maximum absolute atomic E-state index is 10.8. The number of hydrogen-bond donors (Lipinski definition) is 1. The largest absolute Gasteiger partial charge is 0.383 e. The Labute approximate surface area is 118 Å². The highest BCUT2D eigenvalue weighted by Crippen LogP contribution is 2.39. The lowest BCUT2D eigenvalue weighted by Crippen LogP contribution is -1.97. The second-order valence-electron chi connectivity index (χ2n) is 3.56. The molecule has 0 saturated heterocycles. The molecule has 1 heterocycles. The molecule has 0 fully saturated rings. The Hall–Kier alpha value is -1.29. The van der Waals surface area contributed by atoms with Gasteiger partial charge >= 0.3 is 0 Å². The minimum absolute atomic E-state index is 0.242. The highest BCUT2D eigenvalue weighted by Gasteiger charge is 2.14. The van der Waals surface area contributed by atoms with Crippen LogP contribution in [0.3, 0.4) is 0 Å². The molecule has 3 nitrogen and oxygen atoms in total. The maximum Gasteiger partial charge on any atom is 0.151 e. The maximum atomic E-state index is 10.8. The molecule has 2 rings (SSSR count). The Kier molecular flexibility index (Phi) is 3.76. The van der Waals surface area contributed by atoms with E-state index in [0.29, 0.717) is 38.0 Å². The summed E-state index contributed by atoms with van der Waals surface area (Å²) >= 11 is 18.0. The molecule has 1 aromatic heterocycles. The van der Waals surface area contributed by atoms with Gasteiger partial charge in [0.1, 0.15) is 5.82 Å². The van der Waals surface area contributed by atoms with E-state index in [2.05, 4.69) is 4.98 Å². The average molecular weight is 302 g/mol. The summed E-state index contributed by atoms with van der Waals surface area (Å²) in [5.74, 6) is 0.242. The number of rotatable bonds is 2. The predicted molar refractivity (Wildman–Crippen MR) is 74.5 cm³/mol. The van der Waals surface area contributed by atoms with Crippen LogP contribution in [0.25, 0.3) is 11.1 Å². The molecular formula is C12H7Cl3N2O. The van der Waals surface area contributed by atoms with Gasteiger partial charge in [-0.2, -0.15) is 0 Å². The molecule has 0 saturated carbocycles. The van der Waals surface area contributed by atoms with Crippen molar-refractivity contribution in [2.75, 3.05) is 5.73 Å². The van der Waals surface area contributed by atoms with Gasteiger partial charge in [0.2, 0.25) is 0 Å². The summed E-state index contributed by atoms with van der Waals surface area (Å²) in [5.41, 5.74) is 7.18. The molecule has 0 amide bonds. The smallest absolute Gasteiger partial charge is 0.151 e. The van der Waals surface area contributed by atoms with E-state index >= 15 is 0 Å². The van der Waals surface area contributed by atoms with Gasteiger partial charge < -0.3 is 5.73 Å². The number of anilines is 1. The Bertz CT molecular complexity index is 606. The van der Waals surface area contributed by atoms with Crippen LogP contribution in [0.15, 0.2) is 24.4 Å². The lowest BCUT2D eigenvalue weighted by Gasteiger charge is -2.10. The van der Waals surface area contributed by atoms with E-state index in [1.807, 2.05) is 0 Å². The van der Waals surface area contributed by atoms with E-state index in [9.17, 15) is 4.79 Å². The van der Waals surface area contributed by atoms with Crippen molar-refractivity contribution in [3.8, 4) is 11.1 Å². The van der Waals surface area contributed by atoms with E-state index in [1.54, 1.807) is 18.2 Å². The number of halogens is 3. The number of benzene rings is 1. The normalized spacial score (nSPS) is 10.4. The lowest BCUT2D eigenvalue weighted by atomic mass is 10.0. The van der Waals surface area contributed by atoms with Crippen LogP contribution < -0.4 is 5.73 Å². The molecule has 1 aromatic carbocycles. The number of aldehydes is 1. The predicted octanol–water partition coefficient (Wildman–Crippen LogP) is 4.10. The third-order valence-corrected chi connectivity index (χ3v) is 3.17. The SMILES string of the molecule is Nc1ncc(C=O)cc1-c1c(Cl)cc(Cl)cc1Cl. The van der Waals surface area contributed by atoms with E-state index in [0.717, 1.165) is 0 Å². The van der Waals surface area contributed by atoms with Gasteiger partial charge in [0, 0.05) is 27.9 Å². The van der Waals surface area contributed by atoms with E-state index in [-0.39, 0.29) is 5.82 Å². The van der Waals surface area contributed by atoms with Gasteiger partial charge in [-0.25, -0.2) is 4.98 Å². The number of nitrogens with zero attached hydrogens (tertiary/aromatic N) is 1. The van der Waals surface area contributed by atoms with E-state index in [1.165, 1.54) is 6.20 Å². The summed E-state index contributed by atoms with van der Waals surface area (Å²) in [5, 5.41) is 1.12. The van der Waals surface area contributed by atoms with Crippen LogP contribution >= 0.6 is 34.8 Å². The van der Waals surface area contributed by atoms with Crippen LogP contribution in [0.5, 0.6) is 0 Å². The Morgan fingerprint density at radius 3 is 2.28 bits per heavy atom. The van der Waals surface area contributed by atoms with Gasteiger partial charge in [0.15, 0.2) is 6.29 Å². The van der Waals surface area contributed by atoms with Crippen LogP contribution in [0.4, 0.5) is 5.82 Å². The minimum Gasteiger partial charge on any atom is -0.383 e. The van der Waals surface area contributed by atoms with Crippen molar-refractivity contribution >= 4 is 46.9 Å². The number of aromatic nitrogens is 1. The Balaban J connectivity index is 2.72. The van der Waals surface area contributed by atoms with Crippen molar-refractivity contribution in [3.05, 3.63) is 45.0 Å². The summed E-state index contributed by atoms with van der Waals surface area (Å²) in [6, 6.07) is 4.69. The molecule has 0 bridgehead atoms. The van der Waals surface area contributed by atoms with E-state index in [4.69, 9.17) is 40.5 Å². The van der Waals surface area contributed by atoms with Crippen molar-refractivity contribution in [2.45, 2.75) is 0 Å². The molecule has 2 N–H and O–H groups in total. The molecule has 0 aliphatic heterocycles. The first-order chi connectivity index (χ1) is 8.52. The molecule has 0 spiro atoms. The first-order valence-electron chi connectivity index (χ1n) is 4.88. The topological polar surface area (TPSA) is 56.0 Å². The fraction of sp³-hybridized carbons (Fsp3) is 0. The van der Waals surface area contributed by atoms with Gasteiger partial charge in [0.25, 0.3) is 0 Å². The highest BCUT2D eigenvalue weighted by molar-refractivity contribution is 6.42. The minimum atomic E-state index is 0.242. The number of carbonyl (C=O) groups excluding carboxylic acids is 1. The van der Waals surface area contributed by atoms with Crippen molar-refractivity contribution in [1.82, 2.24) is 4.98 Å². The number of nitrogen functional groups attached to an aromatic ring is 1. The van der Waals surface area contributed by atoms with Gasteiger partial charge in [-0.05, 0) is 18.2 Å². The zero-order chi connectivity index (χ0) is 13.3. The molecule has 0 unspecified atom stereocenters. The lowest BCUT2D eigenvalue weighted by molar-refractivity contribution is 0.112. The third-order valence-electron chi connectivity index (χ3n) is 2.35. The van der Waals surface area contributed by atoms with Gasteiger partial charge in [0.05, 0.1) is 10.0 Å². The Morgan fingerprint density at radius 1 is 1.11 bits per heavy atom. The zero-order valence-corrected chi connectivity index (χ0v) is 11.2. The molecule has 2 aromatic rings. The first kappa shape index (κ1) is 13.1. The van der Waals surface area contributed by atoms with Gasteiger partial charge in [-0.1, -0.05) is 34.8 Å². The third kappa shape index (κ3) is 2.43. The molecule has 92 valence electrons. The molecule has 0 atom stereocenters. The summed E-state index contributed by atoms with van der Waals surface area (Å²) in [7, 11) is 0. The monoisotopic (exact) mass is 300 g/mol. The van der Waals surface area contributed by atoms with Crippen LogP contribution in [0.1, 0.15) is 10.4 Å². The molecule has 0 aliphatic carbocycles. The van der Waals surface area contributed by atoms with Crippen molar-refractivity contribution in [1.29, 1.82) is 0 Å². The second-order valence-corrected chi connectivity index (χ2v) is 4.81. The number of carbonyl (C=O) groups is 1. The summed E-state index contributed by atoms with van der Waals surface area (Å²) in [6.45, 7) is 0. The van der Waals surface area contributed by atoms with Gasteiger partial charge in [-0.3, -0.25) is 4.79 Å². The number of pyridine rings is 1. The van der Waals surface area contributed by atoms with E-state index < -0.39 is 0 Å². The highest BCUT2D eigenvalue weighted by atomic mass is 35.5. The standard InChI is InChI=1S/C12H7Cl3N2O/c13-7-2-9(14)11(10(15)3-7)8-1-6(5-18)4-17-12(8)16/h1-5H,(H2,16,17). The molecule has 6 heteroatoms. The zero-order valence-electron chi connectivity index (χ0n) is 8.95. The van der Waals surface area contributed by atoms with Crippen LogP contribution in [0.2, 0.25) is 15.1 Å². The van der Waals surface area contributed by atoms with Crippen molar-refractivity contribution in [3.63, 3.8) is 0 Å². The van der Waals surface area contributed by atoms with Crippen molar-refractivity contribution < 1.29 is 4.79 Å². The Morgan fingerprint density at radius 2 is 1.72 bits per heavy atom. The number of nitrogens with two attached hydrogens (primary N) is 1. The van der Waals surface area contributed by atoms with Crippen molar-refractivity contribution in [2.24, 2.45) is 0 Å². The summed E-state index contributed by atoms with van der Waals surface area (Å²) in [4.78, 5) is 14.7. The fourth-order valence-corrected chi connectivity index (χ4v) is 2.58. The van der Waals surface area contributed by atoms with Crippen LogP contribution in [-0.2, 0) is 0 Å². The summed E-state index contributed by atoms with van der Waals surface area (Å²) < 4.78 is 0. The quantitative estimate of drug-likeness (QED) is 0.849. The van der Waals surface area contributed by atoms with Crippen LogP contribution in [0, 0.1) is 0 Å². The second kappa shape index (κ2) is 5.14. The summed E-state index contributed by atoms with van der Waals surface area (Å²) in [6.07, 6.45) is 2.05. The molecule has 0 aliphatic rings.